The molecule has 0 bridgehead atoms. The van der Waals surface area contributed by atoms with Gasteiger partial charge in [0.25, 0.3) is 0 Å². The molecule has 5 nitrogen and oxygen atoms in total. The first-order valence-electron chi connectivity index (χ1n) is 6.20. The molecular formula is C12H21N3O2. The van der Waals surface area contributed by atoms with Crippen LogP contribution < -0.4 is 11.1 Å². The van der Waals surface area contributed by atoms with Gasteiger partial charge in [-0.05, 0) is 31.1 Å². The maximum atomic E-state index is 11.9. The first-order valence-corrected chi connectivity index (χ1v) is 6.20. The fourth-order valence-electron chi connectivity index (χ4n) is 2.61. The van der Waals surface area contributed by atoms with E-state index in [-0.39, 0.29) is 17.7 Å². The lowest BCUT2D eigenvalue weighted by Crippen LogP contribution is -2.44. The van der Waals surface area contributed by atoms with Crippen LogP contribution in [0.2, 0.25) is 0 Å². The molecule has 0 aromatic carbocycles. The Bertz CT molecular complexity index is 342. The number of oxime groups is 1. The van der Waals surface area contributed by atoms with Gasteiger partial charge in [-0.15, -0.1) is 0 Å². The van der Waals surface area contributed by atoms with Crippen molar-refractivity contribution in [3.8, 4) is 0 Å². The number of amidine groups is 1. The number of nitrogens with two attached hydrogens (primary N) is 1. The van der Waals surface area contributed by atoms with Crippen LogP contribution in [0, 0.1) is 23.2 Å². The smallest absolute Gasteiger partial charge is 0.223 e. The predicted molar refractivity (Wildman–Crippen MR) is 64.5 cm³/mol. The highest BCUT2D eigenvalue weighted by atomic mass is 16.4. The van der Waals surface area contributed by atoms with Crippen LogP contribution in [-0.4, -0.2) is 23.5 Å². The summed E-state index contributed by atoms with van der Waals surface area (Å²) in [7, 11) is 0. The summed E-state index contributed by atoms with van der Waals surface area (Å²) in [6, 6.07) is 0. The number of hydrogen-bond acceptors (Lipinski definition) is 3. The highest BCUT2D eigenvalue weighted by Gasteiger charge is 2.48. The summed E-state index contributed by atoms with van der Waals surface area (Å²) in [5.74, 6) is 2.07. The number of carbonyl (C=O) groups excluding carboxylic acids is 1. The number of nitrogens with one attached hydrogen (secondary N) is 1. The van der Waals surface area contributed by atoms with E-state index in [1.165, 1.54) is 6.42 Å². The van der Waals surface area contributed by atoms with Crippen LogP contribution in [0.4, 0.5) is 0 Å². The lowest BCUT2D eigenvalue weighted by Gasteiger charge is -2.24. The molecule has 2 fully saturated rings. The molecule has 4 N–H and O–H groups in total. The molecule has 0 saturated heterocycles. The molecule has 5 heteroatoms. The Hall–Kier alpha value is -1.26. The number of hydrogen-bond donors (Lipinski definition) is 3. The molecule has 2 aliphatic carbocycles. The Morgan fingerprint density at radius 1 is 1.41 bits per heavy atom. The van der Waals surface area contributed by atoms with Crippen molar-refractivity contribution in [1.29, 1.82) is 0 Å². The first kappa shape index (κ1) is 12.2. The van der Waals surface area contributed by atoms with E-state index >= 15 is 0 Å². The fraction of sp³-hybridized carbons (Fsp3) is 0.833. The molecule has 0 aromatic rings. The Labute approximate surface area is 101 Å². The standard InChI is InChI=1S/C12H21N3O2/c1-12(2,11(13)15-17)6-14-10(16)9-4-7-3-8(7)5-9/h7-9,17H,3-6H2,1-2H3,(H2,13,15)(H,14,16). The summed E-state index contributed by atoms with van der Waals surface area (Å²) in [5.41, 5.74) is 5.06. The minimum Gasteiger partial charge on any atom is -0.409 e. The van der Waals surface area contributed by atoms with Gasteiger partial charge >= 0.3 is 0 Å². The summed E-state index contributed by atoms with van der Waals surface area (Å²) in [6.45, 7) is 4.09. The Morgan fingerprint density at radius 3 is 2.53 bits per heavy atom. The second kappa shape index (κ2) is 4.20. The summed E-state index contributed by atoms with van der Waals surface area (Å²) in [4.78, 5) is 11.9. The molecule has 2 aliphatic rings. The summed E-state index contributed by atoms with van der Waals surface area (Å²) >= 11 is 0. The third kappa shape index (κ3) is 2.53. The number of amides is 1. The van der Waals surface area contributed by atoms with Crippen molar-refractivity contribution in [3.63, 3.8) is 0 Å². The molecule has 1 amide bonds. The molecule has 0 aromatic heterocycles. The zero-order chi connectivity index (χ0) is 12.6. The maximum Gasteiger partial charge on any atom is 0.223 e. The average Bonchev–Trinajstić information content (AvgIpc) is 2.92. The van der Waals surface area contributed by atoms with E-state index in [0.717, 1.165) is 24.7 Å². The molecule has 2 rings (SSSR count). The molecule has 96 valence electrons. The van der Waals surface area contributed by atoms with E-state index in [9.17, 15) is 4.79 Å². The van der Waals surface area contributed by atoms with E-state index < -0.39 is 5.41 Å². The van der Waals surface area contributed by atoms with Crippen molar-refractivity contribution in [2.24, 2.45) is 34.1 Å². The van der Waals surface area contributed by atoms with Crippen molar-refractivity contribution < 1.29 is 10.0 Å². The highest BCUT2D eigenvalue weighted by Crippen LogP contribution is 2.54. The van der Waals surface area contributed by atoms with Crippen LogP contribution in [0.3, 0.4) is 0 Å². The monoisotopic (exact) mass is 239 g/mol. The lowest BCUT2D eigenvalue weighted by molar-refractivity contribution is -0.125. The van der Waals surface area contributed by atoms with Crippen LogP contribution in [0.5, 0.6) is 0 Å². The number of nitrogens with zero attached hydrogens (tertiary/aromatic N) is 1. The third-order valence-electron chi connectivity index (χ3n) is 4.12. The Kier molecular flexibility index (Phi) is 3.02. The molecule has 0 aliphatic heterocycles. The van der Waals surface area contributed by atoms with Crippen molar-refractivity contribution in [3.05, 3.63) is 0 Å². The normalized spacial score (nSPS) is 32.1. The van der Waals surface area contributed by atoms with Crippen LogP contribution in [0.1, 0.15) is 33.1 Å². The van der Waals surface area contributed by atoms with Gasteiger partial charge < -0.3 is 16.3 Å². The van der Waals surface area contributed by atoms with Gasteiger partial charge in [-0.1, -0.05) is 19.0 Å². The molecule has 2 unspecified atom stereocenters. The minimum absolute atomic E-state index is 0.121. The number of fused-ring (bicyclic) bond motifs is 1. The van der Waals surface area contributed by atoms with Crippen LogP contribution in [0.15, 0.2) is 5.16 Å². The van der Waals surface area contributed by atoms with Crippen molar-refractivity contribution in [2.75, 3.05) is 6.54 Å². The molecule has 0 spiro atoms. The lowest BCUT2D eigenvalue weighted by atomic mass is 9.91. The minimum atomic E-state index is -0.508. The van der Waals surface area contributed by atoms with Gasteiger partial charge in [-0.3, -0.25) is 4.79 Å². The second-order valence-electron chi connectivity index (χ2n) is 6.01. The van der Waals surface area contributed by atoms with Crippen molar-refractivity contribution in [1.82, 2.24) is 5.32 Å². The van der Waals surface area contributed by atoms with Gasteiger partial charge in [0.15, 0.2) is 0 Å². The van der Waals surface area contributed by atoms with E-state index in [4.69, 9.17) is 10.9 Å². The number of carbonyl (C=O) groups is 1. The van der Waals surface area contributed by atoms with Crippen LogP contribution >= 0.6 is 0 Å². The largest absolute Gasteiger partial charge is 0.409 e. The molecule has 2 saturated carbocycles. The van der Waals surface area contributed by atoms with E-state index in [2.05, 4.69) is 10.5 Å². The molecule has 0 heterocycles. The molecule has 17 heavy (non-hydrogen) atoms. The Morgan fingerprint density at radius 2 is 2.00 bits per heavy atom. The van der Waals surface area contributed by atoms with Gasteiger partial charge in [0.1, 0.15) is 5.84 Å². The summed E-state index contributed by atoms with van der Waals surface area (Å²) in [5, 5.41) is 14.5. The quantitative estimate of drug-likeness (QED) is 0.295. The van der Waals surface area contributed by atoms with Gasteiger partial charge in [-0.2, -0.15) is 0 Å². The van der Waals surface area contributed by atoms with Crippen molar-refractivity contribution in [2.45, 2.75) is 33.1 Å². The first-order chi connectivity index (χ1) is 7.94. The second-order valence-corrected chi connectivity index (χ2v) is 6.01. The molecule has 0 radical (unpaired) electrons. The van der Waals surface area contributed by atoms with Gasteiger partial charge in [0.05, 0.1) is 0 Å². The molecule has 2 atom stereocenters. The number of rotatable bonds is 4. The van der Waals surface area contributed by atoms with E-state index in [0.29, 0.717) is 6.54 Å². The Balaban J connectivity index is 1.79. The van der Waals surface area contributed by atoms with E-state index in [1.807, 2.05) is 13.8 Å². The third-order valence-corrected chi connectivity index (χ3v) is 4.12. The highest BCUT2D eigenvalue weighted by molar-refractivity contribution is 5.86. The zero-order valence-electron chi connectivity index (χ0n) is 10.4. The predicted octanol–water partition coefficient (Wildman–Crippen LogP) is 0.921. The van der Waals surface area contributed by atoms with Gasteiger partial charge in [0, 0.05) is 17.9 Å². The topological polar surface area (TPSA) is 87.7 Å². The summed E-state index contributed by atoms with van der Waals surface area (Å²) < 4.78 is 0. The van der Waals surface area contributed by atoms with Gasteiger partial charge in [-0.25, -0.2) is 0 Å². The van der Waals surface area contributed by atoms with Crippen LogP contribution in [0.25, 0.3) is 0 Å². The fourth-order valence-corrected chi connectivity index (χ4v) is 2.61. The van der Waals surface area contributed by atoms with Gasteiger partial charge in [0.2, 0.25) is 5.91 Å². The maximum absolute atomic E-state index is 11.9. The molecular weight excluding hydrogens is 218 g/mol. The van der Waals surface area contributed by atoms with Crippen molar-refractivity contribution >= 4 is 11.7 Å². The van der Waals surface area contributed by atoms with E-state index in [1.54, 1.807) is 0 Å². The SMILES string of the molecule is CC(C)(CNC(=O)C1CC2CC2C1)C(N)=NO. The average molecular weight is 239 g/mol. The zero-order valence-corrected chi connectivity index (χ0v) is 10.4. The summed E-state index contributed by atoms with van der Waals surface area (Å²) in [6.07, 6.45) is 3.40. The van der Waals surface area contributed by atoms with Crippen LogP contribution in [-0.2, 0) is 4.79 Å².